The summed E-state index contributed by atoms with van der Waals surface area (Å²) in [5.41, 5.74) is 3.48. The Hall–Kier alpha value is -4.08. The number of anilines is 2. The highest BCUT2D eigenvalue weighted by Crippen LogP contribution is 2.25. The summed E-state index contributed by atoms with van der Waals surface area (Å²) in [4.78, 5) is 36.6. The molecule has 3 rings (SSSR count). The molecule has 0 aliphatic rings. The zero-order chi connectivity index (χ0) is 27.3. The molecule has 9 nitrogen and oxygen atoms in total. The van der Waals surface area contributed by atoms with Gasteiger partial charge in [0.1, 0.15) is 11.5 Å². The van der Waals surface area contributed by atoms with Gasteiger partial charge in [0, 0.05) is 16.3 Å². The van der Waals surface area contributed by atoms with E-state index in [-0.39, 0.29) is 6.61 Å². The van der Waals surface area contributed by atoms with Gasteiger partial charge in [0.05, 0.1) is 23.5 Å². The van der Waals surface area contributed by atoms with Crippen LogP contribution in [0.3, 0.4) is 0 Å². The molecule has 0 fully saturated rings. The topological polar surface area (TPSA) is 118 Å². The number of hydrogen-bond donors (Lipinski definition) is 3. The van der Waals surface area contributed by atoms with E-state index < -0.39 is 17.7 Å². The van der Waals surface area contributed by atoms with Crippen molar-refractivity contribution in [2.45, 2.75) is 19.8 Å². The smallest absolute Gasteiger partial charge is 0.329 e. The average Bonchev–Trinajstić information content (AvgIpc) is 2.90. The fourth-order valence-corrected chi connectivity index (χ4v) is 3.46. The molecular weight excluding hydrogens is 531 g/mol. The molecule has 0 bridgehead atoms. The summed E-state index contributed by atoms with van der Waals surface area (Å²) in [6.07, 6.45) is 3.28. The first-order valence-electron chi connectivity index (χ1n) is 11.7. The van der Waals surface area contributed by atoms with Crippen LogP contribution in [0.4, 0.5) is 11.4 Å². The van der Waals surface area contributed by atoms with Gasteiger partial charge in [-0.1, -0.05) is 48.7 Å². The van der Waals surface area contributed by atoms with Gasteiger partial charge in [-0.15, -0.1) is 0 Å². The second kappa shape index (κ2) is 14.6. The monoisotopic (exact) mass is 556 g/mol. The number of nitrogens with one attached hydrogen (secondary N) is 3. The predicted octanol–water partition coefficient (Wildman–Crippen LogP) is 5.28. The number of para-hydroxylation sites is 1. The second-order valence-corrected chi connectivity index (χ2v) is 8.72. The van der Waals surface area contributed by atoms with Crippen molar-refractivity contribution >= 4 is 58.5 Å². The Kier molecular flexibility index (Phi) is 11.0. The Balaban J connectivity index is 1.49. The van der Waals surface area contributed by atoms with E-state index in [4.69, 9.17) is 32.7 Å². The number of carbonyl (C=O) groups excluding carboxylic acids is 3. The van der Waals surface area contributed by atoms with Gasteiger partial charge in [-0.2, -0.15) is 5.10 Å². The molecule has 3 aromatic carbocycles. The van der Waals surface area contributed by atoms with E-state index >= 15 is 0 Å². The lowest BCUT2D eigenvalue weighted by Gasteiger charge is -2.10. The number of benzene rings is 3. The van der Waals surface area contributed by atoms with E-state index in [0.29, 0.717) is 45.1 Å². The van der Waals surface area contributed by atoms with Crippen LogP contribution in [0.2, 0.25) is 10.0 Å². The van der Waals surface area contributed by atoms with E-state index in [1.165, 1.54) is 12.3 Å². The normalized spacial score (nSPS) is 10.6. The molecule has 38 heavy (non-hydrogen) atoms. The highest BCUT2D eigenvalue weighted by molar-refractivity contribution is 6.39. The minimum atomic E-state index is -0.956. The van der Waals surface area contributed by atoms with E-state index in [0.717, 1.165) is 12.8 Å². The van der Waals surface area contributed by atoms with Crippen LogP contribution in [0.25, 0.3) is 0 Å². The van der Waals surface area contributed by atoms with Gasteiger partial charge in [-0.25, -0.2) is 5.43 Å². The minimum Gasteiger partial charge on any atom is -0.494 e. The van der Waals surface area contributed by atoms with Crippen molar-refractivity contribution in [3.63, 3.8) is 0 Å². The maximum Gasteiger partial charge on any atom is 0.329 e. The van der Waals surface area contributed by atoms with Crippen LogP contribution in [-0.4, -0.2) is 37.1 Å². The fraction of sp³-hybridized carbons (Fsp3) is 0.185. The number of ether oxygens (including phenoxy) is 2. The van der Waals surface area contributed by atoms with Crippen molar-refractivity contribution < 1.29 is 23.9 Å². The van der Waals surface area contributed by atoms with Gasteiger partial charge in [0.15, 0.2) is 6.61 Å². The van der Waals surface area contributed by atoms with Gasteiger partial charge in [-0.3, -0.25) is 14.4 Å². The molecule has 0 aliphatic heterocycles. The SMILES string of the molecule is CCCCOc1ccc(NC(=O)C(=O)N/N=C\c2ccccc2OCC(=O)Nc2ccc(Cl)cc2Cl)cc1. The summed E-state index contributed by atoms with van der Waals surface area (Å²) in [6, 6.07) is 18.1. The molecule has 0 aromatic heterocycles. The molecule has 0 saturated heterocycles. The molecule has 0 aliphatic carbocycles. The Labute approximate surface area is 230 Å². The number of halogens is 2. The number of hydrazone groups is 1. The summed E-state index contributed by atoms with van der Waals surface area (Å²) in [7, 11) is 0. The van der Waals surface area contributed by atoms with Crippen LogP contribution in [0.15, 0.2) is 71.8 Å². The maximum absolute atomic E-state index is 12.3. The third-order valence-electron chi connectivity index (χ3n) is 4.94. The summed E-state index contributed by atoms with van der Waals surface area (Å²) in [6.45, 7) is 2.38. The molecule has 3 N–H and O–H groups in total. The van der Waals surface area contributed by atoms with E-state index in [2.05, 4.69) is 28.1 Å². The Morgan fingerprint density at radius 1 is 0.921 bits per heavy atom. The first-order valence-corrected chi connectivity index (χ1v) is 12.4. The van der Waals surface area contributed by atoms with Crippen molar-refractivity contribution in [2.75, 3.05) is 23.8 Å². The number of hydrogen-bond acceptors (Lipinski definition) is 6. The summed E-state index contributed by atoms with van der Waals surface area (Å²) in [5.74, 6) is -1.26. The van der Waals surface area contributed by atoms with Crippen LogP contribution in [0.5, 0.6) is 11.5 Å². The van der Waals surface area contributed by atoms with Crippen LogP contribution >= 0.6 is 23.2 Å². The lowest BCUT2D eigenvalue weighted by molar-refractivity contribution is -0.136. The second-order valence-electron chi connectivity index (χ2n) is 7.88. The van der Waals surface area contributed by atoms with E-state index in [1.807, 2.05) is 0 Å². The van der Waals surface area contributed by atoms with Crippen molar-refractivity contribution in [3.05, 3.63) is 82.3 Å². The number of carbonyl (C=O) groups is 3. The first-order chi connectivity index (χ1) is 18.4. The Morgan fingerprint density at radius 3 is 2.42 bits per heavy atom. The van der Waals surface area contributed by atoms with Crippen molar-refractivity contribution in [1.82, 2.24) is 5.43 Å². The summed E-state index contributed by atoms with van der Waals surface area (Å²) in [5, 5.41) is 9.69. The molecule has 3 aromatic rings. The van der Waals surface area contributed by atoms with Crippen LogP contribution in [0.1, 0.15) is 25.3 Å². The highest BCUT2D eigenvalue weighted by Gasteiger charge is 2.13. The number of nitrogens with zero attached hydrogens (tertiary/aromatic N) is 1. The first kappa shape index (κ1) is 28.5. The zero-order valence-electron chi connectivity index (χ0n) is 20.5. The predicted molar refractivity (Wildman–Crippen MR) is 148 cm³/mol. The molecule has 198 valence electrons. The van der Waals surface area contributed by atoms with Gasteiger partial charge >= 0.3 is 11.8 Å². The van der Waals surface area contributed by atoms with E-state index in [1.54, 1.807) is 60.7 Å². The molecule has 0 atom stereocenters. The third kappa shape index (κ3) is 9.10. The Bertz CT molecular complexity index is 1300. The van der Waals surface area contributed by atoms with Crippen LogP contribution in [-0.2, 0) is 14.4 Å². The van der Waals surface area contributed by atoms with Gasteiger partial charge < -0.3 is 20.1 Å². The minimum absolute atomic E-state index is 0.298. The number of rotatable bonds is 11. The largest absolute Gasteiger partial charge is 0.494 e. The summed E-state index contributed by atoms with van der Waals surface area (Å²) < 4.78 is 11.2. The van der Waals surface area contributed by atoms with Crippen molar-refractivity contribution in [2.24, 2.45) is 5.10 Å². The molecule has 11 heteroatoms. The number of amides is 3. The standard InChI is InChI=1S/C27H26Cl2N4O5/c1-2-3-14-37-21-11-9-20(10-12-21)31-26(35)27(36)33-30-16-18-6-4-5-7-24(18)38-17-25(34)32-23-13-8-19(28)15-22(23)29/h4-13,15-16H,2-3,14,17H2,1H3,(H,31,35)(H,32,34)(H,33,36)/b30-16-. The lowest BCUT2D eigenvalue weighted by Crippen LogP contribution is -2.32. The maximum atomic E-state index is 12.3. The van der Waals surface area contributed by atoms with Crippen molar-refractivity contribution in [1.29, 1.82) is 0 Å². The molecule has 0 unspecified atom stereocenters. The van der Waals surface area contributed by atoms with Gasteiger partial charge in [-0.05, 0) is 61.0 Å². The summed E-state index contributed by atoms with van der Waals surface area (Å²) >= 11 is 11.9. The number of unbranched alkanes of at least 4 members (excludes halogenated alkanes) is 1. The zero-order valence-corrected chi connectivity index (χ0v) is 22.0. The third-order valence-corrected chi connectivity index (χ3v) is 5.49. The highest BCUT2D eigenvalue weighted by atomic mass is 35.5. The molecule has 3 amide bonds. The molecular formula is C27H26Cl2N4O5. The van der Waals surface area contributed by atoms with Crippen molar-refractivity contribution in [3.8, 4) is 11.5 Å². The molecule has 0 radical (unpaired) electrons. The molecule has 0 saturated carbocycles. The Morgan fingerprint density at radius 2 is 1.68 bits per heavy atom. The lowest BCUT2D eigenvalue weighted by atomic mass is 10.2. The average molecular weight is 557 g/mol. The quantitative estimate of drug-likeness (QED) is 0.128. The van der Waals surface area contributed by atoms with Crippen LogP contribution < -0.4 is 25.5 Å². The van der Waals surface area contributed by atoms with Gasteiger partial charge in [0.2, 0.25) is 0 Å². The van der Waals surface area contributed by atoms with Gasteiger partial charge in [0.25, 0.3) is 5.91 Å². The van der Waals surface area contributed by atoms with E-state index in [9.17, 15) is 14.4 Å². The molecule has 0 heterocycles. The fourth-order valence-electron chi connectivity index (χ4n) is 3.01. The van der Waals surface area contributed by atoms with Crippen LogP contribution in [0, 0.1) is 0 Å². The molecule has 0 spiro atoms.